The van der Waals surface area contributed by atoms with Crippen molar-refractivity contribution in [1.82, 2.24) is 9.80 Å². The number of hydrogen-bond donors (Lipinski definition) is 0. The molecule has 0 atom stereocenters. The quantitative estimate of drug-likeness (QED) is 0.241. The summed E-state index contributed by atoms with van der Waals surface area (Å²) in [6, 6.07) is 6.13. The van der Waals surface area contributed by atoms with E-state index < -0.39 is 37.3 Å². The van der Waals surface area contributed by atoms with Crippen LogP contribution in [-0.4, -0.2) is 73.8 Å². The lowest BCUT2D eigenvalue weighted by molar-refractivity contribution is -0.119. The zero-order valence-corrected chi connectivity index (χ0v) is 25.1. The van der Waals surface area contributed by atoms with E-state index >= 15 is 4.39 Å². The number of anilines is 1. The molecule has 12 heteroatoms. The van der Waals surface area contributed by atoms with Gasteiger partial charge in [0.05, 0.1) is 17.3 Å². The zero-order chi connectivity index (χ0) is 31.6. The van der Waals surface area contributed by atoms with Gasteiger partial charge in [-0.2, -0.15) is 0 Å². The van der Waals surface area contributed by atoms with E-state index in [1.54, 1.807) is 30.0 Å². The lowest BCUT2D eigenvalue weighted by atomic mass is 10.0. The van der Waals surface area contributed by atoms with Gasteiger partial charge in [-0.1, -0.05) is 35.9 Å². The van der Waals surface area contributed by atoms with Crippen molar-refractivity contribution in [1.29, 1.82) is 0 Å². The summed E-state index contributed by atoms with van der Waals surface area (Å²) in [6.07, 6.45) is 8.55. The summed E-state index contributed by atoms with van der Waals surface area (Å²) in [5, 5.41) is 0.313. The van der Waals surface area contributed by atoms with Crippen LogP contribution in [0.15, 0.2) is 54.1 Å². The van der Waals surface area contributed by atoms with Gasteiger partial charge in [-0.3, -0.25) is 19.4 Å². The molecule has 1 aliphatic carbocycles. The average Bonchev–Trinajstić information content (AvgIpc) is 3.04. The van der Waals surface area contributed by atoms with Crippen molar-refractivity contribution in [3.63, 3.8) is 0 Å². The Morgan fingerprint density at radius 1 is 1.11 bits per heavy atom. The minimum atomic E-state index is -1.46. The third-order valence-electron chi connectivity index (χ3n) is 7.56. The Hall–Kier alpha value is -3.99. The van der Waals surface area contributed by atoms with Crippen LogP contribution in [0.3, 0.4) is 0 Å². The maximum Gasteiger partial charge on any atom is 0.331 e. The summed E-state index contributed by atoms with van der Waals surface area (Å²) >= 11 is 6.47. The van der Waals surface area contributed by atoms with Gasteiger partial charge in [0.1, 0.15) is 25.7 Å². The first-order chi connectivity index (χ1) is 21.3. The molecule has 0 N–H and O–H groups in total. The van der Waals surface area contributed by atoms with Gasteiger partial charge in [0.15, 0.2) is 17.7 Å². The summed E-state index contributed by atoms with van der Waals surface area (Å²) in [5.41, 5.74) is 2.16. The number of amides is 4. The number of carbonyl (C=O) groups is 3. The fraction of sp³-hybridized carbons (Fsp3) is 0.406. The summed E-state index contributed by atoms with van der Waals surface area (Å²) in [6.45, 7) is 0.270. The minimum Gasteiger partial charge on any atom is -0.487 e. The number of allylic oxidation sites excluding steroid dienone is 2. The largest absolute Gasteiger partial charge is 0.487 e. The number of rotatable bonds is 13. The molecule has 4 amide bonds. The van der Waals surface area contributed by atoms with Crippen LogP contribution in [0, 0.1) is 12.7 Å². The topological polar surface area (TPSA) is 79.4 Å². The second-order valence-corrected chi connectivity index (χ2v) is 11.1. The van der Waals surface area contributed by atoms with E-state index in [1.165, 1.54) is 11.0 Å². The first-order valence-electron chi connectivity index (χ1n) is 14.4. The van der Waals surface area contributed by atoms with Crippen LogP contribution < -0.4 is 14.4 Å². The minimum absolute atomic E-state index is 0.128. The Bertz CT molecular complexity index is 1390. The Kier molecular flexibility index (Phi) is 11.7. The molecule has 0 saturated carbocycles. The highest BCUT2D eigenvalue weighted by molar-refractivity contribution is 6.32. The van der Waals surface area contributed by atoms with Crippen molar-refractivity contribution in [3.8, 4) is 11.5 Å². The number of urea groups is 1. The van der Waals surface area contributed by atoms with Gasteiger partial charge in [0.25, 0.3) is 0 Å². The fourth-order valence-electron chi connectivity index (χ4n) is 5.16. The molecule has 2 aromatic carbocycles. The van der Waals surface area contributed by atoms with Crippen molar-refractivity contribution in [2.75, 3.05) is 37.9 Å². The Morgan fingerprint density at radius 3 is 2.48 bits per heavy atom. The maximum atomic E-state index is 15.2. The molecule has 0 radical (unpaired) electrons. The van der Waals surface area contributed by atoms with E-state index in [4.69, 9.17) is 21.1 Å². The van der Waals surface area contributed by atoms with E-state index in [0.29, 0.717) is 60.8 Å². The van der Waals surface area contributed by atoms with Crippen LogP contribution in [-0.2, 0) is 16.1 Å². The molecule has 2 aliphatic rings. The van der Waals surface area contributed by atoms with Crippen LogP contribution in [0.5, 0.6) is 11.5 Å². The van der Waals surface area contributed by atoms with Crippen molar-refractivity contribution >= 4 is 36.1 Å². The van der Waals surface area contributed by atoms with Crippen LogP contribution in [0.2, 0.25) is 5.02 Å². The van der Waals surface area contributed by atoms with Crippen LogP contribution in [0.4, 0.5) is 23.7 Å². The Labute approximate surface area is 259 Å². The number of aryl methyl sites for hydroxylation is 1. The van der Waals surface area contributed by atoms with Gasteiger partial charge < -0.3 is 14.4 Å². The van der Waals surface area contributed by atoms with Gasteiger partial charge in [-0.15, -0.1) is 0 Å². The number of imide groups is 1. The van der Waals surface area contributed by atoms with Gasteiger partial charge in [0.2, 0.25) is 12.8 Å². The highest BCUT2D eigenvalue weighted by Crippen LogP contribution is 2.34. The van der Waals surface area contributed by atoms with E-state index in [9.17, 15) is 23.2 Å². The number of nitrogens with zero attached hydrogens (tertiary/aromatic N) is 3. The Morgan fingerprint density at radius 2 is 1.86 bits per heavy atom. The molecule has 2 aromatic rings. The predicted molar refractivity (Wildman–Crippen MR) is 161 cm³/mol. The average molecular weight is 634 g/mol. The molecular weight excluding hydrogens is 599 g/mol. The molecule has 0 spiro atoms. The maximum absolute atomic E-state index is 15.2. The molecule has 8 nitrogen and oxygen atoms in total. The number of carbonyl (C=O) groups excluding carboxylic acids is 3. The predicted octanol–water partition coefficient (Wildman–Crippen LogP) is 6.33. The molecule has 0 unspecified atom stereocenters. The van der Waals surface area contributed by atoms with E-state index in [2.05, 4.69) is 12.2 Å². The van der Waals surface area contributed by atoms with Gasteiger partial charge in [-0.05, 0) is 67.5 Å². The second-order valence-electron chi connectivity index (χ2n) is 10.7. The van der Waals surface area contributed by atoms with Crippen molar-refractivity contribution in [2.45, 2.75) is 51.3 Å². The molecule has 0 bridgehead atoms. The number of benzene rings is 2. The molecular formula is C32H35ClF3N3O5. The van der Waals surface area contributed by atoms with Gasteiger partial charge in [0, 0.05) is 25.2 Å². The summed E-state index contributed by atoms with van der Waals surface area (Å²) in [7, 11) is 0. The molecule has 1 heterocycles. The van der Waals surface area contributed by atoms with Crippen LogP contribution in [0.1, 0.15) is 36.8 Å². The number of alkyl halides is 2. The number of piperidine rings is 1. The molecule has 44 heavy (non-hydrogen) atoms. The number of likely N-dealkylation sites (tertiary alicyclic amines) is 1. The molecule has 4 rings (SSSR count). The first kappa shape index (κ1) is 32.9. The molecule has 1 aliphatic heterocycles. The van der Waals surface area contributed by atoms with Crippen molar-refractivity contribution in [2.24, 2.45) is 0 Å². The standard InChI is InChI=1S/C32H35ClF3N3O5/c1-22-13-31(44-26(16-34)17-35)28(36)15-29(22)39(25-9-11-37(20-40)12-10-25)32(42)38(21-41)18-24-7-8-30(27(33)14-24)43-19-23-5-3-2-4-6-23/h3,5-8,13-15,20-21,25-26H,2,4,9-12,16-19H2,1H3. The third-order valence-corrected chi connectivity index (χ3v) is 7.85. The fourth-order valence-corrected chi connectivity index (χ4v) is 5.42. The molecule has 0 aromatic heterocycles. The first-order valence-corrected chi connectivity index (χ1v) is 14.8. The summed E-state index contributed by atoms with van der Waals surface area (Å²) in [4.78, 5) is 41.4. The van der Waals surface area contributed by atoms with Crippen molar-refractivity contribution < 1.29 is 37.0 Å². The molecule has 236 valence electrons. The summed E-state index contributed by atoms with van der Waals surface area (Å²) < 4.78 is 52.2. The lowest BCUT2D eigenvalue weighted by Crippen LogP contribution is -2.52. The summed E-state index contributed by atoms with van der Waals surface area (Å²) in [5.74, 6) is -0.811. The third kappa shape index (κ3) is 8.13. The Balaban J connectivity index is 1.57. The molecule has 1 fully saturated rings. The number of halogens is 4. The highest BCUT2D eigenvalue weighted by Gasteiger charge is 2.33. The van der Waals surface area contributed by atoms with E-state index in [-0.39, 0.29) is 18.0 Å². The zero-order valence-electron chi connectivity index (χ0n) is 24.4. The number of ether oxygens (including phenoxy) is 2. The van der Waals surface area contributed by atoms with Crippen molar-refractivity contribution in [3.05, 3.63) is 76.1 Å². The van der Waals surface area contributed by atoms with E-state index in [1.807, 2.05) is 6.08 Å². The van der Waals surface area contributed by atoms with Gasteiger partial charge >= 0.3 is 6.03 Å². The number of hydrogen-bond acceptors (Lipinski definition) is 5. The second kappa shape index (κ2) is 15.7. The monoisotopic (exact) mass is 633 g/mol. The van der Waals surface area contributed by atoms with Crippen LogP contribution >= 0.6 is 11.6 Å². The molecule has 1 saturated heterocycles. The lowest BCUT2D eigenvalue weighted by Gasteiger charge is -2.39. The smallest absolute Gasteiger partial charge is 0.331 e. The van der Waals surface area contributed by atoms with E-state index in [0.717, 1.165) is 35.8 Å². The van der Waals surface area contributed by atoms with Gasteiger partial charge in [-0.25, -0.2) is 18.0 Å². The highest BCUT2D eigenvalue weighted by atomic mass is 35.5. The SMILES string of the molecule is Cc1cc(OC(CF)CF)c(F)cc1N(C(=O)N(C=O)Cc1ccc(OCC2=CCCC=C2)c(Cl)c1)C1CCN(C=O)CC1. The van der Waals surface area contributed by atoms with Crippen LogP contribution in [0.25, 0.3) is 0 Å². The normalized spacial score (nSPS) is 15.1.